The van der Waals surface area contributed by atoms with E-state index in [1.807, 2.05) is 13.0 Å². The molecule has 0 saturated heterocycles. The highest BCUT2D eigenvalue weighted by molar-refractivity contribution is 5.76. The van der Waals surface area contributed by atoms with Crippen LogP contribution in [0.25, 0.3) is 0 Å². The summed E-state index contributed by atoms with van der Waals surface area (Å²) in [6, 6.07) is -0.634. The molecular formula is C20H35NO3. The van der Waals surface area contributed by atoms with Gasteiger partial charge in [0, 0.05) is 6.42 Å². The molecule has 4 nitrogen and oxygen atoms in total. The second-order valence-corrected chi connectivity index (χ2v) is 5.91. The van der Waals surface area contributed by atoms with E-state index >= 15 is 0 Å². The molecule has 0 spiro atoms. The van der Waals surface area contributed by atoms with E-state index in [-0.39, 0.29) is 12.5 Å². The lowest BCUT2D eigenvalue weighted by Gasteiger charge is -2.19. The Balaban J connectivity index is 3.89. The Morgan fingerprint density at radius 3 is 1.96 bits per heavy atom. The quantitative estimate of drug-likeness (QED) is 0.335. The van der Waals surface area contributed by atoms with Gasteiger partial charge in [-0.25, -0.2) is 0 Å². The Morgan fingerprint density at radius 2 is 1.46 bits per heavy atom. The van der Waals surface area contributed by atoms with Crippen molar-refractivity contribution >= 4 is 5.91 Å². The highest BCUT2D eigenvalue weighted by Gasteiger charge is 2.17. The second kappa shape index (κ2) is 16.5. The first-order valence-electron chi connectivity index (χ1n) is 9.20. The van der Waals surface area contributed by atoms with Gasteiger partial charge in [-0.2, -0.15) is 0 Å². The molecule has 0 aliphatic heterocycles. The summed E-state index contributed by atoms with van der Waals surface area (Å²) in [4.78, 5) is 11.5. The van der Waals surface area contributed by atoms with Crippen LogP contribution in [-0.4, -0.2) is 34.9 Å². The molecule has 0 aliphatic rings. The van der Waals surface area contributed by atoms with Crippen molar-refractivity contribution in [3.05, 3.63) is 36.5 Å². The lowest BCUT2D eigenvalue weighted by atomic mass is 10.1. The highest BCUT2D eigenvalue weighted by Crippen LogP contribution is 2.02. The van der Waals surface area contributed by atoms with Crippen molar-refractivity contribution in [2.24, 2.45) is 0 Å². The number of carbonyl (C=O) groups excluding carboxylic acids is 1. The fourth-order valence-electron chi connectivity index (χ4n) is 2.14. The molecule has 1 amide bonds. The Bertz CT molecular complexity index is 388. The van der Waals surface area contributed by atoms with E-state index in [2.05, 4.69) is 36.5 Å². The van der Waals surface area contributed by atoms with E-state index in [0.29, 0.717) is 6.42 Å². The molecule has 24 heavy (non-hydrogen) atoms. The maximum Gasteiger partial charge on any atom is 0.220 e. The summed E-state index contributed by atoms with van der Waals surface area (Å²) in [5.74, 6) is -0.139. The Kier molecular flexibility index (Phi) is 15.5. The van der Waals surface area contributed by atoms with Crippen LogP contribution in [0.2, 0.25) is 0 Å². The molecule has 0 rings (SSSR count). The predicted octanol–water partition coefficient (Wildman–Crippen LogP) is 3.65. The Labute approximate surface area is 147 Å². The van der Waals surface area contributed by atoms with Gasteiger partial charge in [-0.3, -0.25) is 4.79 Å². The molecule has 138 valence electrons. The third-order valence-corrected chi connectivity index (χ3v) is 3.55. The number of hydrogen-bond acceptors (Lipinski definition) is 3. The largest absolute Gasteiger partial charge is 0.394 e. The normalized spacial score (nSPS) is 14.7. The number of aliphatic hydroxyl groups excluding tert-OH is 2. The van der Waals surface area contributed by atoms with Crippen LogP contribution < -0.4 is 5.32 Å². The van der Waals surface area contributed by atoms with Crippen molar-refractivity contribution < 1.29 is 15.0 Å². The fraction of sp³-hybridized carbons (Fsp3) is 0.650. The zero-order valence-electron chi connectivity index (χ0n) is 15.3. The molecular weight excluding hydrogens is 302 g/mol. The van der Waals surface area contributed by atoms with Gasteiger partial charge in [0.05, 0.1) is 18.8 Å². The second-order valence-electron chi connectivity index (χ2n) is 5.91. The van der Waals surface area contributed by atoms with Gasteiger partial charge in [-0.05, 0) is 38.5 Å². The molecule has 0 aliphatic carbocycles. The summed E-state index contributed by atoms with van der Waals surface area (Å²) in [6.07, 6.45) is 18.9. The minimum absolute atomic E-state index is 0.139. The maximum atomic E-state index is 11.5. The van der Waals surface area contributed by atoms with E-state index in [4.69, 9.17) is 0 Å². The smallest absolute Gasteiger partial charge is 0.220 e. The van der Waals surface area contributed by atoms with Gasteiger partial charge in [0.25, 0.3) is 0 Å². The molecule has 0 aromatic carbocycles. The summed E-state index contributed by atoms with van der Waals surface area (Å²) in [5, 5.41) is 21.9. The van der Waals surface area contributed by atoms with Crippen molar-refractivity contribution in [3.63, 3.8) is 0 Å². The van der Waals surface area contributed by atoms with Crippen molar-refractivity contribution in [2.45, 2.75) is 77.4 Å². The first-order valence-corrected chi connectivity index (χ1v) is 9.20. The number of allylic oxidation sites excluding steroid dienone is 5. The molecule has 2 unspecified atom stereocenters. The van der Waals surface area contributed by atoms with Crippen LogP contribution in [0.3, 0.4) is 0 Å². The monoisotopic (exact) mass is 337 g/mol. The summed E-state index contributed by atoms with van der Waals surface area (Å²) >= 11 is 0. The number of unbranched alkanes of at least 4 members (excludes halogenated alkanes) is 3. The van der Waals surface area contributed by atoms with Crippen molar-refractivity contribution in [1.82, 2.24) is 5.32 Å². The molecule has 0 radical (unpaired) electrons. The zero-order valence-corrected chi connectivity index (χ0v) is 15.3. The van der Waals surface area contributed by atoms with Crippen LogP contribution >= 0.6 is 0 Å². The fourth-order valence-corrected chi connectivity index (χ4v) is 2.14. The van der Waals surface area contributed by atoms with E-state index in [1.54, 1.807) is 6.08 Å². The highest BCUT2D eigenvalue weighted by atomic mass is 16.3. The molecule has 0 fully saturated rings. The predicted molar refractivity (Wildman–Crippen MR) is 101 cm³/mol. The minimum Gasteiger partial charge on any atom is -0.394 e. The van der Waals surface area contributed by atoms with Crippen molar-refractivity contribution in [2.75, 3.05) is 6.61 Å². The molecule has 3 N–H and O–H groups in total. The molecule has 0 bridgehead atoms. The summed E-state index contributed by atoms with van der Waals surface area (Å²) < 4.78 is 0. The Hall–Kier alpha value is -1.39. The first kappa shape index (κ1) is 22.6. The van der Waals surface area contributed by atoms with E-state index in [9.17, 15) is 15.0 Å². The minimum atomic E-state index is -0.858. The van der Waals surface area contributed by atoms with Gasteiger partial charge >= 0.3 is 0 Å². The number of hydrogen-bond donors (Lipinski definition) is 3. The number of aliphatic hydroxyl groups is 2. The van der Waals surface area contributed by atoms with Gasteiger partial charge in [0.15, 0.2) is 0 Å². The first-order chi connectivity index (χ1) is 11.7. The van der Waals surface area contributed by atoms with Gasteiger partial charge in [0.2, 0.25) is 5.91 Å². The maximum absolute atomic E-state index is 11.5. The standard InChI is InChI=1S/C20H35NO3/c1-3-5-6-7-8-9-10-11-12-13-14-16-19(23)18(17-22)21-20(24)15-4-2/h6-7,10-11,14,16,18-19,22-23H,3-5,8-9,12-13,15,17H2,1-2H3,(H,21,24)/b7-6+,11-10+,16-14+. The number of rotatable bonds is 14. The summed E-state index contributed by atoms with van der Waals surface area (Å²) in [7, 11) is 0. The topological polar surface area (TPSA) is 69.6 Å². The van der Waals surface area contributed by atoms with E-state index in [0.717, 1.165) is 38.5 Å². The van der Waals surface area contributed by atoms with Crippen LogP contribution in [0, 0.1) is 0 Å². The van der Waals surface area contributed by atoms with Gasteiger partial charge < -0.3 is 15.5 Å². The average Bonchev–Trinajstić information content (AvgIpc) is 2.57. The molecule has 2 atom stereocenters. The lowest BCUT2D eigenvalue weighted by Crippen LogP contribution is -2.45. The van der Waals surface area contributed by atoms with Crippen LogP contribution in [-0.2, 0) is 4.79 Å². The Morgan fingerprint density at radius 1 is 0.917 bits per heavy atom. The van der Waals surface area contributed by atoms with Gasteiger partial charge in [0.1, 0.15) is 0 Å². The van der Waals surface area contributed by atoms with Crippen molar-refractivity contribution in [1.29, 1.82) is 0 Å². The zero-order chi connectivity index (χ0) is 18.0. The molecule has 4 heteroatoms. The third-order valence-electron chi connectivity index (χ3n) is 3.55. The van der Waals surface area contributed by atoms with Gasteiger partial charge in [-0.1, -0.05) is 56.7 Å². The third kappa shape index (κ3) is 13.1. The summed E-state index contributed by atoms with van der Waals surface area (Å²) in [6.45, 7) is 3.82. The van der Waals surface area contributed by atoms with Crippen molar-refractivity contribution in [3.8, 4) is 0 Å². The lowest BCUT2D eigenvalue weighted by molar-refractivity contribution is -0.122. The van der Waals surface area contributed by atoms with Crippen LogP contribution in [0.4, 0.5) is 0 Å². The molecule has 0 heterocycles. The number of carbonyl (C=O) groups is 1. The summed E-state index contributed by atoms with van der Waals surface area (Å²) in [5.41, 5.74) is 0. The van der Waals surface area contributed by atoms with Crippen LogP contribution in [0.15, 0.2) is 36.5 Å². The SMILES string of the molecule is CCC/C=C/CC/C=C/CC/C=C/C(O)C(CO)NC(=O)CCC. The van der Waals surface area contributed by atoms with E-state index in [1.165, 1.54) is 6.42 Å². The molecule has 0 saturated carbocycles. The average molecular weight is 338 g/mol. The number of amides is 1. The van der Waals surface area contributed by atoms with E-state index < -0.39 is 12.1 Å². The molecule has 0 aromatic rings. The van der Waals surface area contributed by atoms with Crippen LogP contribution in [0.1, 0.15) is 65.2 Å². The number of nitrogens with one attached hydrogen (secondary N) is 1. The van der Waals surface area contributed by atoms with Gasteiger partial charge in [-0.15, -0.1) is 0 Å². The molecule has 0 aromatic heterocycles. The van der Waals surface area contributed by atoms with Crippen LogP contribution in [0.5, 0.6) is 0 Å².